The number of fused-ring (bicyclic) bond motifs is 2. The second-order valence-corrected chi connectivity index (χ2v) is 33.0. The summed E-state index contributed by atoms with van der Waals surface area (Å²) in [6, 6.07) is 45.5. The number of carbonyl (C=O) groups excluding carboxylic acids is 2. The van der Waals surface area contributed by atoms with Crippen LogP contribution >= 0.6 is 0 Å². The SMILES string of the molecule is CC(C)(C)c1ccc(S(=O)(=O)Nc2ccc(NS(=O)(=O)c3ccc(C(C)(C)C)cc3)c3c2C(=O)c2c(NS(=O)(=O)c4ccc(C(C)(C)C)cc4)ccc(NS(=O)(=O)c4ccc(C(C)(C)C)cc4)c2C3=O)cc1.Cc1cccc(C)c1.Cc1cccc(C)c1. The number of carbonyl (C=O) groups is 2. The number of hydrogen-bond acceptors (Lipinski definition) is 10. The van der Waals surface area contributed by atoms with E-state index in [1.165, 1.54) is 70.8 Å². The zero-order valence-electron chi connectivity index (χ0n) is 52.9. The first kappa shape index (κ1) is 67.6. The van der Waals surface area contributed by atoms with E-state index in [1.807, 2.05) is 83.1 Å². The summed E-state index contributed by atoms with van der Waals surface area (Å²) in [6.07, 6.45) is 0. The van der Waals surface area contributed by atoms with E-state index in [9.17, 15) is 33.7 Å². The fourth-order valence-corrected chi connectivity index (χ4v) is 14.0. The molecule has 0 saturated heterocycles. The van der Waals surface area contributed by atoms with Gasteiger partial charge in [0.1, 0.15) is 0 Å². The maximum atomic E-state index is 15.5. The summed E-state index contributed by atoms with van der Waals surface area (Å²) < 4.78 is 123. The van der Waals surface area contributed by atoms with Crippen LogP contribution in [0.3, 0.4) is 0 Å². The zero-order valence-corrected chi connectivity index (χ0v) is 56.1. The Kier molecular flexibility index (Phi) is 19.4. The van der Waals surface area contributed by atoms with Gasteiger partial charge < -0.3 is 0 Å². The van der Waals surface area contributed by atoms with E-state index in [4.69, 9.17) is 0 Å². The minimum Gasteiger partial charge on any atom is -0.288 e. The first-order valence-corrected chi connectivity index (χ1v) is 34.6. The van der Waals surface area contributed by atoms with E-state index >= 15 is 9.59 Å². The van der Waals surface area contributed by atoms with Crippen LogP contribution in [0.4, 0.5) is 22.7 Å². The zero-order chi connectivity index (χ0) is 65.3. The Morgan fingerprint density at radius 1 is 0.261 bits per heavy atom. The van der Waals surface area contributed by atoms with E-state index in [1.54, 1.807) is 48.5 Å². The number of sulfonamides is 4. The lowest BCUT2D eigenvalue weighted by Gasteiger charge is -2.27. The quantitative estimate of drug-likeness (QED) is 0.0907. The van der Waals surface area contributed by atoms with Gasteiger partial charge in [0.25, 0.3) is 40.1 Å². The van der Waals surface area contributed by atoms with Crippen LogP contribution in [0.2, 0.25) is 0 Å². The van der Waals surface area contributed by atoms with Gasteiger partial charge in [-0.3, -0.25) is 28.5 Å². The van der Waals surface area contributed by atoms with Crippen LogP contribution in [-0.2, 0) is 61.8 Å². The van der Waals surface area contributed by atoms with Gasteiger partial charge in [0.15, 0.2) is 11.6 Å². The highest BCUT2D eigenvalue weighted by Crippen LogP contribution is 2.44. The predicted octanol–water partition coefficient (Wildman–Crippen LogP) is 15.5. The Hall–Kier alpha value is -7.90. The number of rotatable bonds is 12. The molecule has 464 valence electrons. The first-order valence-electron chi connectivity index (χ1n) is 28.6. The van der Waals surface area contributed by atoms with Gasteiger partial charge in [0.2, 0.25) is 0 Å². The monoisotopic (exact) mass is 1260 g/mol. The van der Waals surface area contributed by atoms with Gasteiger partial charge in [0, 0.05) is 0 Å². The Balaban J connectivity index is 0.000000596. The number of nitrogens with one attached hydrogen (secondary N) is 4. The molecule has 4 N–H and O–H groups in total. The van der Waals surface area contributed by atoms with E-state index in [-0.39, 0.29) is 41.2 Å². The minimum atomic E-state index is -4.55. The van der Waals surface area contributed by atoms with Gasteiger partial charge in [-0.1, -0.05) is 202 Å². The molecular weight excluding hydrogens is 1190 g/mol. The highest BCUT2D eigenvalue weighted by molar-refractivity contribution is 7.93. The molecule has 0 unspecified atom stereocenters. The number of hydrogen-bond donors (Lipinski definition) is 4. The molecular formula is C70H80N4O10S4. The third kappa shape index (κ3) is 16.0. The second-order valence-electron chi connectivity index (χ2n) is 26.3. The van der Waals surface area contributed by atoms with Crippen molar-refractivity contribution in [3.8, 4) is 0 Å². The number of aryl methyl sites for hydroxylation is 4. The Morgan fingerprint density at radius 2 is 0.432 bits per heavy atom. The highest BCUT2D eigenvalue weighted by Gasteiger charge is 2.41. The van der Waals surface area contributed by atoms with Crippen molar-refractivity contribution in [1.29, 1.82) is 0 Å². The third-order valence-corrected chi connectivity index (χ3v) is 20.3. The van der Waals surface area contributed by atoms with Gasteiger partial charge in [-0.25, -0.2) is 33.7 Å². The molecule has 0 spiro atoms. The van der Waals surface area contributed by atoms with Crippen molar-refractivity contribution in [1.82, 2.24) is 0 Å². The molecule has 0 radical (unpaired) electrons. The standard InChI is InChI=1S/C54H60N4O10S4.2C8H10/c1-51(2,3)33-13-21-37(22-14-33)69(61,62)55-41-29-30-42(56-70(63,64)38-23-15-34(16-24-38)52(4,5)6)46-45(41)49(59)47-43(57-71(65,66)39-25-17-35(18-26-39)53(7,8)9)31-32-44(48(47)50(46)60)58-72(67,68)40-27-19-36(20-28-40)54(10,11)12;2*1-7-4-3-5-8(2)6-7/h13-32,55-58H,1-12H3;2*3-6H,1-2H3. The van der Waals surface area contributed by atoms with Crippen LogP contribution in [0.15, 0.2) is 189 Å². The van der Waals surface area contributed by atoms with E-state index in [2.05, 4.69) is 95.1 Å². The van der Waals surface area contributed by atoms with Crippen molar-refractivity contribution < 1.29 is 43.3 Å². The lowest BCUT2D eigenvalue weighted by atomic mass is 9.81. The Morgan fingerprint density at radius 3 is 0.568 bits per heavy atom. The predicted molar refractivity (Wildman–Crippen MR) is 355 cm³/mol. The Labute approximate surface area is 521 Å². The van der Waals surface area contributed by atoms with Gasteiger partial charge in [-0.15, -0.1) is 0 Å². The maximum Gasteiger partial charge on any atom is 0.261 e. The average Bonchev–Trinajstić information content (AvgIpc) is 1.23. The molecule has 8 aromatic carbocycles. The van der Waals surface area contributed by atoms with Gasteiger partial charge in [0.05, 0.1) is 64.6 Å². The summed E-state index contributed by atoms with van der Waals surface area (Å²) in [7, 11) is -18.2. The molecule has 14 nitrogen and oxygen atoms in total. The lowest BCUT2D eigenvalue weighted by Crippen LogP contribution is -2.29. The smallest absolute Gasteiger partial charge is 0.261 e. The van der Waals surface area contributed by atoms with Crippen LogP contribution in [-0.4, -0.2) is 45.2 Å². The lowest BCUT2D eigenvalue weighted by molar-refractivity contribution is 0.0981. The van der Waals surface area contributed by atoms with Crippen LogP contribution < -0.4 is 18.9 Å². The van der Waals surface area contributed by atoms with Gasteiger partial charge in [-0.05, 0) is 144 Å². The van der Waals surface area contributed by atoms with Gasteiger partial charge in [-0.2, -0.15) is 0 Å². The summed E-state index contributed by atoms with van der Waals surface area (Å²) in [5.74, 6) is -2.29. The molecule has 0 aromatic heterocycles. The highest BCUT2D eigenvalue weighted by atomic mass is 32.2. The van der Waals surface area contributed by atoms with E-state index in [0.29, 0.717) is 0 Å². The van der Waals surface area contributed by atoms with Crippen molar-refractivity contribution in [2.45, 2.75) is 152 Å². The molecule has 9 rings (SSSR count). The minimum absolute atomic E-state index is 0.208. The Bertz CT molecular complexity index is 3850. The molecule has 0 amide bonds. The average molecular weight is 1270 g/mol. The molecule has 8 aromatic rings. The number of ketones is 2. The summed E-state index contributed by atoms with van der Waals surface area (Å²) in [5, 5.41) is 0. The normalized spacial score (nSPS) is 13.0. The molecule has 0 bridgehead atoms. The van der Waals surface area contributed by atoms with Crippen LogP contribution in [0.25, 0.3) is 0 Å². The fourth-order valence-electron chi connectivity index (χ4n) is 9.70. The third-order valence-electron chi connectivity index (χ3n) is 14.8. The van der Waals surface area contributed by atoms with Crippen molar-refractivity contribution in [3.05, 3.63) is 237 Å². The van der Waals surface area contributed by atoms with Gasteiger partial charge >= 0.3 is 0 Å². The van der Waals surface area contributed by atoms with Crippen molar-refractivity contribution in [3.63, 3.8) is 0 Å². The summed E-state index contributed by atoms with van der Waals surface area (Å²) in [5.41, 5.74) is 2.97. The van der Waals surface area contributed by atoms with Crippen molar-refractivity contribution >= 4 is 74.4 Å². The van der Waals surface area contributed by atoms with E-state index < -0.39 is 96.7 Å². The largest absolute Gasteiger partial charge is 0.288 e. The molecule has 0 heterocycles. The van der Waals surface area contributed by atoms with Crippen molar-refractivity contribution in [2.24, 2.45) is 0 Å². The summed E-state index contributed by atoms with van der Waals surface area (Å²) in [6.45, 7) is 31.9. The van der Waals surface area contributed by atoms with E-state index in [0.717, 1.165) is 46.5 Å². The molecule has 0 saturated carbocycles. The first-order chi connectivity index (χ1) is 40.6. The molecule has 1 aliphatic rings. The molecule has 1 aliphatic carbocycles. The van der Waals surface area contributed by atoms with Crippen molar-refractivity contribution in [2.75, 3.05) is 18.9 Å². The molecule has 0 aliphatic heterocycles. The van der Waals surface area contributed by atoms with Crippen LogP contribution in [0.1, 0.15) is 159 Å². The summed E-state index contributed by atoms with van der Waals surface area (Å²) in [4.78, 5) is 30.2. The maximum absolute atomic E-state index is 15.5. The molecule has 0 atom stereocenters. The second kappa shape index (κ2) is 25.3. The molecule has 18 heteroatoms. The van der Waals surface area contributed by atoms with Crippen LogP contribution in [0.5, 0.6) is 0 Å². The number of benzene rings is 8. The fraction of sp³-hybridized carbons (Fsp3) is 0.286. The number of anilines is 4. The molecule has 88 heavy (non-hydrogen) atoms. The molecule has 0 fully saturated rings. The summed E-state index contributed by atoms with van der Waals surface area (Å²) >= 11 is 0. The topological polar surface area (TPSA) is 219 Å². The van der Waals surface area contributed by atoms with Crippen LogP contribution in [0, 0.1) is 27.7 Å².